The third-order valence-corrected chi connectivity index (χ3v) is 3.53. The summed E-state index contributed by atoms with van der Waals surface area (Å²) in [6, 6.07) is 5.94. The molecule has 1 fully saturated rings. The molecular formula is C15H22FNO2. The summed E-state index contributed by atoms with van der Waals surface area (Å²) in [4.78, 5) is 0. The van der Waals surface area contributed by atoms with Crippen molar-refractivity contribution in [3.63, 3.8) is 0 Å². The van der Waals surface area contributed by atoms with Crippen molar-refractivity contribution in [2.45, 2.75) is 37.9 Å². The SMILES string of the molecule is OC(CNCCOC1CCCC1)c1ccc(F)cc1. The van der Waals surface area contributed by atoms with Gasteiger partial charge in [0.15, 0.2) is 0 Å². The Morgan fingerprint density at radius 3 is 2.63 bits per heavy atom. The lowest BCUT2D eigenvalue weighted by Crippen LogP contribution is -2.26. The third-order valence-electron chi connectivity index (χ3n) is 3.53. The van der Waals surface area contributed by atoms with E-state index < -0.39 is 6.10 Å². The molecule has 0 spiro atoms. The van der Waals surface area contributed by atoms with Crippen LogP contribution in [0.15, 0.2) is 24.3 Å². The van der Waals surface area contributed by atoms with Gasteiger partial charge < -0.3 is 15.2 Å². The fourth-order valence-corrected chi connectivity index (χ4v) is 2.39. The first-order valence-corrected chi connectivity index (χ1v) is 7.01. The Morgan fingerprint density at radius 1 is 1.26 bits per heavy atom. The molecule has 1 saturated carbocycles. The van der Waals surface area contributed by atoms with E-state index in [0.717, 1.165) is 12.1 Å². The Morgan fingerprint density at radius 2 is 1.95 bits per heavy atom. The summed E-state index contributed by atoms with van der Waals surface area (Å²) in [6.07, 6.45) is 4.75. The van der Waals surface area contributed by atoms with Crippen LogP contribution in [0.3, 0.4) is 0 Å². The molecule has 1 unspecified atom stereocenters. The number of halogens is 1. The number of hydrogen-bond acceptors (Lipinski definition) is 3. The van der Waals surface area contributed by atoms with E-state index in [-0.39, 0.29) is 5.82 Å². The van der Waals surface area contributed by atoms with Gasteiger partial charge in [-0.3, -0.25) is 0 Å². The summed E-state index contributed by atoms with van der Waals surface area (Å²) in [5.41, 5.74) is 0.727. The van der Waals surface area contributed by atoms with Crippen LogP contribution in [0.25, 0.3) is 0 Å². The lowest BCUT2D eigenvalue weighted by atomic mass is 10.1. The van der Waals surface area contributed by atoms with Crippen LogP contribution in [0.2, 0.25) is 0 Å². The van der Waals surface area contributed by atoms with Crippen LogP contribution in [0.1, 0.15) is 37.4 Å². The van der Waals surface area contributed by atoms with E-state index in [0.29, 0.717) is 19.3 Å². The molecule has 0 aliphatic heterocycles. The molecule has 2 N–H and O–H groups in total. The maximum atomic E-state index is 12.7. The van der Waals surface area contributed by atoms with Gasteiger partial charge in [0, 0.05) is 13.1 Å². The van der Waals surface area contributed by atoms with E-state index in [9.17, 15) is 9.50 Å². The summed E-state index contributed by atoms with van der Waals surface area (Å²) in [6.45, 7) is 1.87. The molecule has 2 rings (SSSR count). The maximum Gasteiger partial charge on any atom is 0.123 e. The Labute approximate surface area is 113 Å². The van der Waals surface area contributed by atoms with Gasteiger partial charge in [0.1, 0.15) is 5.82 Å². The lowest BCUT2D eigenvalue weighted by Gasteiger charge is -2.14. The summed E-state index contributed by atoms with van der Waals surface area (Å²) in [5, 5.41) is 13.0. The number of benzene rings is 1. The summed E-state index contributed by atoms with van der Waals surface area (Å²) in [5.74, 6) is -0.283. The van der Waals surface area contributed by atoms with E-state index in [2.05, 4.69) is 5.32 Å². The minimum atomic E-state index is -0.605. The molecule has 1 aromatic rings. The van der Waals surface area contributed by atoms with E-state index in [1.807, 2.05) is 0 Å². The van der Waals surface area contributed by atoms with Crippen molar-refractivity contribution < 1.29 is 14.2 Å². The van der Waals surface area contributed by atoms with E-state index in [1.165, 1.54) is 37.8 Å². The molecule has 1 aromatic carbocycles. The molecule has 1 aliphatic carbocycles. The van der Waals surface area contributed by atoms with E-state index in [1.54, 1.807) is 12.1 Å². The predicted molar refractivity (Wildman–Crippen MR) is 72.4 cm³/mol. The van der Waals surface area contributed by atoms with Gasteiger partial charge in [-0.1, -0.05) is 25.0 Å². The number of hydrogen-bond donors (Lipinski definition) is 2. The highest BCUT2D eigenvalue weighted by molar-refractivity contribution is 5.18. The van der Waals surface area contributed by atoms with Gasteiger partial charge in [-0.2, -0.15) is 0 Å². The maximum absolute atomic E-state index is 12.7. The lowest BCUT2D eigenvalue weighted by molar-refractivity contribution is 0.0585. The second-order valence-electron chi connectivity index (χ2n) is 5.05. The first-order valence-electron chi connectivity index (χ1n) is 7.01. The molecule has 0 bridgehead atoms. The normalized spacial score (nSPS) is 17.8. The van der Waals surface area contributed by atoms with Crippen molar-refractivity contribution in [1.29, 1.82) is 0 Å². The summed E-state index contributed by atoms with van der Waals surface area (Å²) in [7, 11) is 0. The molecule has 0 heterocycles. The third kappa shape index (κ3) is 4.90. The number of aliphatic hydroxyl groups is 1. The van der Waals surface area contributed by atoms with Gasteiger partial charge in [-0.25, -0.2) is 4.39 Å². The molecule has 3 nitrogen and oxygen atoms in total. The van der Waals surface area contributed by atoms with Crippen molar-refractivity contribution in [1.82, 2.24) is 5.32 Å². The van der Waals surface area contributed by atoms with Gasteiger partial charge in [-0.05, 0) is 30.5 Å². The zero-order valence-corrected chi connectivity index (χ0v) is 11.1. The largest absolute Gasteiger partial charge is 0.387 e. The average molecular weight is 267 g/mol. The van der Waals surface area contributed by atoms with Crippen molar-refractivity contribution in [2.24, 2.45) is 0 Å². The quantitative estimate of drug-likeness (QED) is 0.745. The van der Waals surface area contributed by atoms with E-state index in [4.69, 9.17) is 4.74 Å². The smallest absolute Gasteiger partial charge is 0.123 e. The topological polar surface area (TPSA) is 41.5 Å². The summed E-state index contributed by atoms with van der Waals surface area (Å²) < 4.78 is 18.4. The molecule has 0 radical (unpaired) electrons. The fourth-order valence-electron chi connectivity index (χ4n) is 2.39. The van der Waals surface area contributed by atoms with Crippen LogP contribution in [0.5, 0.6) is 0 Å². The standard InChI is InChI=1S/C15H22FNO2/c16-13-7-5-12(6-8-13)15(18)11-17-9-10-19-14-3-1-2-4-14/h5-8,14-15,17-18H,1-4,9-11H2. The molecule has 19 heavy (non-hydrogen) atoms. The minimum Gasteiger partial charge on any atom is -0.387 e. The number of aliphatic hydroxyl groups excluding tert-OH is 1. The Balaban J connectivity index is 1.58. The second-order valence-corrected chi connectivity index (χ2v) is 5.05. The van der Waals surface area contributed by atoms with Gasteiger partial charge in [0.2, 0.25) is 0 Å². The average Bonchev–Trinajstić information content (AvgIpc) is 2.92. The van der Waals surface area contributed by atoms with Crippen molar-refractivity contribution >= 4 is 0 Å². The van der Waals surface area contributed by atoms with Crippen molar-refractivity contribution in [2.75, 3.05) is 19.7 Å². The van der Waals surface area contributed by atoms with Crippen LogP contribution in [0, 0.1) is 5.82 Å². The minimum absolute atomic E-state index is 0.283. The molecule has 4 heteroatoms. The summed E-state index contributed by atoms with van der Waals surface area (Å²) >= 11 is 0. The van der Waals surface area contributed by atoms with Gasteiger partial charge in [0.25, 0.3) is 0 Å². The molecule has 0 saturated heterocycles. The molecular weight excluding hydrogens is 245 g/mol. The van der Waals surface area contributed by atoms with Crippen LogP contribution in [-0.4, -0.2) is 30.9 Å². The van der Waals surface area contributed by atoms with E-state index >= 15 is 0 Å². The fraction of sp³-hybridized carbons (Fsp3) is 0.600. The monoisotopic (exact) mass is 267 g/mol. The number of rotatable bonds is 7. The predicted octanol–water partition coefficient (Wildman–Crippen LogP) is 2.41. The molecule has 1 aliphatic rings. The Bertz CT molecular complexity index is 363. The first kappa shape index (κ1) is 14.4. The highest BCUT2D eigenvalue weighted by Gasteiger charge is 2.14. The molecule has 0 aromatic heterocycles. The zero-order valence-electron chi connectivity index (χ0n) is 11.1. The van der Waals surface area contributed by atoms with Crippen LogP contribution < -0.4 is 5.32 Å². The van der Waals surface area contributed by atoms with Crippen molar-refractivity contribution in [3.8, 4) is 0 Å². The highest BCUT2D eigenvalue weighted by Crippen LogP contribution is 2.20. The second kappa shape index (κ2) is 7.58. The van der Waals surface area contributed by atoms with Crippen LogP contribution >= 0.6 is 0 Å². The van der Waals surface area contributed by atoms with Gasteiger partial charge >= 0.3 is 0 Å². The van der Waals surface area contributed by atoms with Gasteiger partial charge in [0.05, 0.1) is 18.8 Å². The Kier molecular flexibility index (Phi) is 5.76. The first-order chi connectivity index (χ1) is 9.25. The number of ether oxygens (including phenoxy) is 1. The molecule has 0 amide bonds. The zero-order chi connectivity index (χ0) is 13.5. The number of nitrogens with one attached hydrogen (secondary N) is 1. The molecule has 106 valence electrons. The molecule has 1 atom stereocenters. The Hall–Kier alpha value is -0.970. The van der Waals surface area contributed by atoms with Crippen LogP contribution in [-0.2, 0) is 4.74 Å². The van der Waals surface area contributed by atoms with Crippen LogP contribution in [0.4, 0.5) is 4.39 Å². The highest BCUT2D eigenvalue weighted by atomic mass is 19.1. The van der Waals surface area contributed by atoms with Gasteiger partial charge in [-0.15, -0.1) is 0 Å². The van der Waals surface area contributed by atoms with Crippen molar-refractivity contribution in [3.05, 3.63) is 35.6 Å².